The van der Waals surface area contributed by atoms with Crippen molar-refractivity contribution in [1.82, 2.24) is 10.3 Å². The molecular weight excluding hydrogens is 457 g/mol. The van der Waals surface area contributed by atoms with Gasteiger partial charge in [-0.3, -0.25) is 9.59 Å². The minimum Gasteiger partial charge on any atom is -0.351 e. The standard InChI is InChI=1S/C25H22FN3O2S2/c1-15-6-8-17(9-7-15)25-28-20(14-32-25)10-11-27-24(31)22-16(2)12-21(33-22)29-23(30)18-4-3-5-19(26)13-18/h3-9,12-14H,10-11H2,1-2H3,(H,27,31)(H,29,30). The first-order chi connectivity index (χ1) is 15.9. The van der Waals surface area contributed by atoms with Crippen molar-refractivity contribution < 1.29 is 14.0 Å². The summed E-state index contributed by atoms with van der Waals surface area (Å²) >= 11 is 2.78. The van der Waals surface area contributed by atoms with Crippen molar-refractivity contribution in [1.29, 1.82) is 0 Å². The Morgan fingerprint density at radius 2 is 1.82 bits per heavy atom. The fourth-order valence-corrected chi connectivity index (χ4v) is 5.06. The number of halogens is 1. The third-order valence-electron chi connectivity index (χ3n) is 4.96. The van der Waals surface area contributed by atoms with Gasteiger partial charge in [0.25, 0.3) is 11.8 Å². The summed E-state index contributed by atoms with van der Waals surface area (Å²) in [6.07, 6.45) is 0.627. The van der Waals surface area contributed by atoms with Gasteiger partial charge in [-0.25, -0.2) is 9.37 Å². The Balaban J connectivity index is 1.32. The number of nitrogens with zero attached hydrogens (tertiary/aromatic N) is 1. The maximum atomic E-state index is 13.3. The zero-order chi connectivity index (χ0) is 23.4. The Hall–Kier alpha value is -3.36. The lowest BCUT2D eigenvalue weighted by Crippen LogP contribution is -2.25. The summed E-state index contributed by atoms with van der Waals surface area (Å²) in [6.45, 7) is 4.33. The average molecular weight is 480 g/mol. The number of thiazole rings is 1. The Bertz CT molecular complexity index is 1300. The van der Waals surface area contributed by atoms with Crippen molar-refractivity contribution in [2.45, 2.75) is 20.3 Å². The third-order valence-corrected chi connectivity index (χ3v) is 7.06. The molecule has 0 saturated heterocycles. The highest BCUT2D eigenvalue weighted by Crippen LogP contribution is 2.27. The molecule has 33 heavy (non-hydrogen) atoms. The summed E-state index contributed by atoms with van der Waals surface area (Å²) in [5, 5.41) is 9.16. The van der Waals surface area contributed by atoms with Gasteiger partial charge in [-0.15, -0.1) is 22.7 Å². The van der Waals surface area contributed by atoms with E-state index in [9.17, 15) is 14.0 Å². The first-order valence-electron chi connectivity index (χ1n) is 10.4. The molecule has 2 heterocycles. The lowest BCUT2D eigenvalue weighted by molar-refractivity contribution is 0.0956. The summed E-state index contributed by atoms with van der Waals surface area (Å²) in [7, 11) is 0. The predicted molar refractivity (Wildman–Crippen MR) is 132 cm³/mol. The van der Waals surface area contributed by atoms with Gasteiger partial charge >= 0.3 is 0 Å². The van der Waals surface area contributed by atoms with Crippen LogP contribution < -0.4 is 10.6 Å². The molecule has 0 aliphatic carbocycles. The lowest BCUT2D eigenvalue weighted by Gasteiger charge is -2.03. The summed E-state index contributed by atoms with van der Waals surface area (Å²) in [6, 6.07) is 15.5. The molecule has 2 amide bonds. The molecule has 0 unspecified atom stereocenters. The highest BCUT2D eigenvalue weighted by atomic mass is 32.1. The molecule has 0 saturated carbocycles. The van der Waals surface area contributed by atoms with Crippen molar-refractivity contribution in [3.05, 3.63) is 93.1 Å². The van der Waals surface area contributed by atoms with E-state index in [1.807, 2.05) is 12.3 Å². The van der Waals surface area contributed by atoms with Gasteiger partial charge in [0.05, 0.1) is 15.6 Å². The van der Waals surface area contributed by atoms with Gasteiger partial charge < -0.3 is 10.6 Å². The number of rotatable bonds is 7. The largest absolute Gasteiger partial charge is 0.351 e. The molecule has 0 aliphatic rings. The van der Waals surface area contributed by atoms with Gasteiger partial charge in [-0.05, 0) is 43.7 Å². The van der Waals surface area contributed by atoms with Crippen LogP contribution in [0.4, 0.5) is 9.39 Å². The first kappa shape index (κ1) is 22.8. The monoisotopic (exact) mass is 479 g/mol. The highest BCUT2D eigenvalue weighted by molar-refractivity contribution is 7.18. The van der Waals surface area contributed by atoms with Crippen LogP contribution in [0.25, 0.3) is 10.6 Å². The summed E-state index contributed by atoms with van der Waals surface area (Å²) in [5.74, 6) is -1.09. The topological polar surface area (TPSA) is 71.1 Å². The fourth-order valence-electron chi connectivity index (χ4n) is 3.22. The van der Waals surface area contributed by atoms with E-state index in [-0.39, 0.29) is 11.5 Å². The number of hydrogen-bond acceptors (Lipinski definition) is 5. The molecule has 0 fully saturated rings. The minimum atomic E-state index is -0.476. The van der Waals surface area contributed by atoms with Crippen LogP contribution in [0.15, 0.2) is 60.0 Å². The van der Waals surface area contributed by atoms with Crippen molar-refractivity contribution >= 4 is 39.5 Å². The number of nitrogens with one attached hydrogen (secondary N) is 2. The van der Waals surface area contributed by atoms with E-state index in [2.05, 4.69) is 46.8 Å². The Labute approximate surface area is 199 Å². The average Bonchev–Trinajstić information content (AvgIpc) is 3.41. The number of carbonyl (C=O) groups excluding carboxylic acids is 2. The van der Waals surface area contributed by atoms with Gasteiger partial charge in [0.1, 0.15) is 10.8 Å². The summed E-state index contributed by atoms with van der Waals surface area (Å²) in [4.78, 5) is 30.2. The van der Waals surface area contributed by atoms with E-state index in [1.54, 1.807) is 17.4 Å². The molecule has 2 N–H and O–H groups in total. The van der Waals surface area contributed by atoms with Crippen molar-refractivity contribution in [2.75, 3.05) is 11.9 Å². The summed E-state index contributed by atoms with van der Waals surface area (Å²) in [5.41, 5.74) is 4.21. The Morgan fingerprint density at radius 1 is 1.03 bits per heavy atom. The SMILES string of the molecule is Cc1ccc(-c2nc(CCNC(=O)c3sc(NC(=O)c4cccc(F)c4)cc3C)cs2)cc1. The molecule has 0 atom stereocenters. The normalized spacial score (nSPS) is 10.8. The second-order valence-electron chi connectivity index (χ2n) is 7.60. The van der Waals surface area contributed by atoms with E-state index in [4.69, 9.17) is 0 Å². The van der Waals surface area contributed by atoms with Crippen LogP contribution in [0.3, 0.4) is 0 Å². The molecule has 0 bridgehead atoms. The molecular formula is C25H22FN3O2S2. The number of anilines is 1. The van der Waals surface area contributed by atoms with E-state index < -0.39 is 11.7 Å². The van der Waals surface area contributed by atoms with Crippen molar-refractivity contribution in [2.24, 2.45) is 0 Å². The third kappa shape index (κ3) is 5.71. The number of thiophene rings is 1. The maximum absolute atomic E-state index is 13.3. The number of carbonyl (C=O) groups is 2. The van der Waals surface area contributed by atoms with E-state index in [0.29, 0.717) is 22.8 Å². The predicted octanol–water partition coefficient (Wildman–Crippen LogP) is 5.85. The van der Waals surface area contributed by atoms with E-state index >= 15 is 0 Å². The maximum Gasteiger partial charge on any atom is 0.261 e. The Kier molecular flexibility index (Phi) is 6.96. The quantitative estimate of drug-likeness (QED) is 0.349. The van der Waals surface area contributed by atoms with Crippen LogP contribution in [0.1, 0.15) is 36.9 Å². The van der Waals surface area contributed by atoms with Crippen LogP contribution in [0.5, 0.6) is 0 Å². The smallest absolute Gasteiger partial charge is 0.261 e. The molecule has 5 nitrogen and oxygen atoms in total. The second-order valence-corrected chi connectivity index (χ2v) is 9.51. The Morgan fingerprint density at radius 3 is 2.58 bits per heavy atom. The van der Waals surface area contributed by atoms with E-state index in [1.165, 1.54) is 41.2 Å². The number of aromatic nitrogens is 1. The second kappa shape index (κ2) is 10.1. The van der Waals surface area contributed by atoms with Gasteiger partial charge in [-0.2, -0.15) is 0 Å². The van der Waals surface area contributed by atoms with Crippen molar-refractivity contribution in [3.63, 3.8) is 0 Å². The molecule has 4 rings (SSSR count). The molecule has 8 heteroatoms. The number of aryl methyl sites for hydroxylation is 2. The summed E-state index contributed by atoms with van der Waals surface area (Å²) < 4.78 is 13.3. The molecule has 0 radical (unpaired) electrons. The molecule has 168 valence electrons. The molecule has 0 spiro atoms. The number of hydrogen-bond donors (Lipinski definition) is 2. The number of amides is 2. The zero-order valence-corrected chi connectivity index (χ0v) is 19.8. The molecule has 4 aromatic rings. The van der Waals surface area contributed by atoms with E-state index in [0.717, 1.165) is 21.8 Å². The van der Waals surface area contributed by atoms with Gasteiger partial charge in [0.2, 0.25) is 0 Å². The van der Waals surface area contributed by atoms with Crippen LogP contribution in [0.2, 0.25) is 0 Å². The zero-order valence-electron chi connectivity index (χ0n) is 18.1. The number of benzene rings is 2. The minimum absolute atomic E-state index is 0.197. The van der Waals surface area contributed by atoms with Crippen molar-refractivity contribution in [3.8, 4) is 10.6 Å². The van der Waals surface area contributed by atoms with Crippen LogP contribution in [0, 0.1) is 19.7 Å². The van der Waals surface area contributed by atoms with Gasteiger partial charge in [0.15, 0.2) is 0 Å². The van der Waals surface area contributed by atoms with Crippen LogP contribution >= 0.6 is 22.7 Å². The molecule has 0 aliphatic heterocycles. The first-order valence-corrected chi connectivity index (χ1v) is 12.1. The van der Waals surface area contributed by atoms with Gasteiger partial charge in [-0.1, -0.05) is 35.9 Å². The lowest BCUT2D eigenvalue weighted by atomic mass is 10.2. The molecule has 2 aromatic heterocycles. The molecule has 2 aromatic carbocycles. The fraction of sp³-hybridized carbons (Fsp3) is 0.160. The van der Waals surface area contributed by atoms with Crippen LogP contribution in [-0.4, -0.2) is 23.3 Å². The van der Waals surface area contributed by atoms with Gasteiger partial charge in [0, 0.05) is 29.5 Å². The van der Waals surface area contributed by atoms with Crippen LogP contribution in [-0.2, 0) is 6.42 Å². The highest BCUT2D eigenvalue weighted by Gasteiger charge is 2.16.